The van der Waals surface area contributed by atoms with Gasteiger partial charge < -0.3 is 9.73 Å². The van der Waals surface area contributed by atoms with Crippen LogP contribution < -0.4 is 5.32 Å². The van der Waals surface area contributed by atoms with Crippen LogP contribution in [-0.2, 0) is 13.1 Å². The molecule has 1 N–H and O–H groups in total. The van der Waals surface area contributed by atoms with E-state index in [1.54, 1.807) is 19.3 Å². The largest absolute Gasteiger partial charge is 0.468 e. The van der Waals surface area contributed by atoms with Crippen molar-refractivity contribution < 1.29 is 8.81 Å². The first-order valence-corrected chi connectivity index (χ1v) is 5.24. The van der Waals surface area contributed by atoms with Gasteiger partial charge in [0.05, 0.1) is 12.8 Å². The Bertz CT molecular complexity index is 451. The van der Waals surface area contributed by atoms with E-state index >= 15 is 0 Å². The molecule has 0 atom stereocenters. The topological polar surface area (TPSA) is 25.2 Å². The van der Waals surface area contributed by atoms with Crippen LogP contribution in [0.15, 0.2) is 41.0 Å². The molecule has 84 valence electrons. The maximum atomic E-state index is 13.0. The molecule has 0 unspecified atom stereocenters. The Hall–Kier alpha value is -1.61. The predicted octanol–water partition coefficient (Wildman–Crippen LogP) is 3.02. The number of aryl methyl sites for hydroxylation is 1. The van der Waals surface area contributed by atoms with Crippen LogP contribution in [0.1, 0.15) is 16.9 Å². The fraction of sp³-hybridized carbons (Fsp3) is 0.231. The fourth-order valence-electron chi connectivity index (χ4n) is 1.56. The van der Waals surface area contributed by atoms with Gasteiger partial charge in [0, 0.05) is 6.54 Å². The molecule has 1 heterocycles. The van der Waals surface area contributed by atoms with Gasteiger partial charge in [0.15, 0.2) is 0 Å². The van der Waals surface area contributed by atoms with Gasteiger partial charge in [-0.05, 0) is 36.2 Å². The summed E-state index contributed by atoms with van der Waals surface area (Å²) in [5.74, 6) is 0.744. The molecule has 1 aromatic carbocycles. The van der Waals surface area contributed by atoms with E-state index in [1.165, 1.54) is 6.07 Å². The molecule has 0 fully saturated rings. The Balaban J connectivity index is 1.87. The first kappa shape index (κ1) is 10.9. The predicted molar refractivity (Wildman–Crippen MR) is 60.4 cm³/mol. The van der Waals surface area contributed by atoms with Gasteiger partial charge in [0.2, 0.25) is 0 Å². The van der Waals surface area contributed by atoms with Gasteiger partial charge in [0.1, 0.15) is 11.6 Å². The first-order chi connectivity index (χ1) is 7.75. The van der Waals surface area contributed by atoms with Crippen LogP contribution in [0.3, 0.4) is 0 Å². The number of rotatable bonds is 4. The first-order valence-electron chi connectivity index (χ1n) is 5.24. The lowest BCUT2D eigenvalue weighted by Gasteiger charge is -2.04. The zero-order chi connectivity index (χ0) is 11.4. The summed E-state index contributed by atoms with van der Waals surface area (Å²) in [5, 5.41) is 3.23. The molecule has 0 radical (unpaired) electrons. The normalized spacial score (nSPS) is 10.6. The molecule has 0 saturated carbocycles. The Morgan fingerprint density at radius 2 is 2.12 bits per heavy atom. The lowest BCUT2D eigenvalue weighted by atomic mass is 10.1. The fourth-order valence-corrected chi connectivity index (χ4v) is 1.56. The van der Waals surface area contributed by atoms with Crippen LogP contribution in [0.25, 0.3) is 0 Å². The molecular weight excluding hydrogens is 205 g/mol. The van der Waals surface area contributed by atoms with Gasteiger partial charge in [-0.2, -0.15) is 0 Å². The van der Waals surface area contributed by atoms with Gasteiger partial charge >= 0.3 is 0 Å². The van der Waals surface area contributed by atoms with Gasteiger partial charge in [-0.15, -0.1) is 0 Å². The molecule has 1 aromatic heterocycles. The lowest BCUT2D eigenvalue weighted by Crippen LogP contribution is -2.12. The molecule has 0 aliphatic carbocycles. The molecule has 2 rings (SSSR count). The molecule has 0 saturated heterocycles. The van der Waals surface area contributed by atoms with E-state index in [0.29, 0.717) is 18.7 Å². The zero-order valence-electron chi connectivity index (χ0n) is 9.16. The smallest absolute Gasteiger partial charge is 0.126 e. The van der Waals surface area contributed by atoms with Gasteiger partial charge in [-0.3, -0.25) is 0 Å². The second-order valence-electron chi connectivity index (χ2n) is 3.77. The van der Waals surface area contributed by atoms with Gasteiger partial charge in [-0.25, -0.2) is 4.39 Å². The minimum atomic E-state index is -0.158. The van der Waals surface area contributed by atoms with E-state index < -0.39 is 0 Å². The van der Waals surface area contributed by atoms with Crippen molar-refractivity contribution in [1.29, 1.82) is 0 Å². The van der Waals surface area contributed by atoms with E-state index in [2.05, 4.69) is 5.32 Å². The van der Waals surface area contributed by atoms with Crippen molar-refractivity contribution in [3.05, 3.63) is 59.3 Å². The molecule has 0 aliphatic rings. The van der Waals surface area contributed by atoms with Crippen molar-refractivity contribution in [3.63, 3.8) is 0 Å². The third-order valence-corrected chi connectivity index (χ3v) is 2.43. The van der Waals surface area contributed by atoms with E-state index in [-0.39, 0.29) is 5.82 Å². The van der Waals surface area contributed by atoms with Crippen molar-refractivity contribution in [3.8, 4) is 0 Å². The summed E-state index contributed by atoms with van der Waals surface area (Å²) in [6, 6.07) is 8.92. The molecule has 2 nitrogen and oxygen atoms in total. The number of furan rings is 1. The Kier molecular flexibility index (Phi) is 3.37. The summed E-state index contributed by atoms with van der Waals surface area (Å²) in [4.78, 5) is 0. The van der Waals surface area contributed by atoms with Crippen molar-refractivity contribution >= 4 is 0 Å². The maximum Gasteiger partial charge on any atom is 0.126 e. The van der Waals surface area contributed by atoms with Crippen molar-refractivity contribution in [1.82, 2.24) is 5.32 Å². The van der Waals surface area contributed by atoms with Crippen molar-refractivity contribution in [2.45, 2.75) is 20.0 Å². The third kappa shape index (κ3) is 2.70. The average molecular weight is 219 g/mol. The number of hydrogen-bond acceptors (Lipinski definition) is 2. The summed E-state index contributed by atoms with van der Waals surface area (Å²) >= 11 is 0. The number of halogens is 1. The standard InChI is InChI=1S/C13H14FNO/c1-10-7-11(4-5-13(10)14)8-15-9-12-3-2-6-16-12/h2-7,15H,8-9H2,1H3. The molecular formula is C13H14FNO. The van der Waals surface area contributed by atoms with Crippen LogP contribution in [-0.4, -0.2) is 0 Å². The summed E-state index contributed by atoms with van der Waals surface area (Å²) < 4.78 is 18.2. The van der Waals surface area contributed by atoms with Crippen molar-refractivity contribution in [2.24, 2.45) is 0 Å². The molecule has 3 heteroatoms. The van der Waals surface area contributed by atoms with E-state index in [4.69, 9.17) is 4.42 Å². The second-order valence-corrected chi connectivity index (χ2v) is 3.77. The molecule has 2 aromatic rings. The Labute approximate surface area is 94.1 Å². The molecule has 0 amide bonds. The summed E-state index contributed by atoms with van der Waals surface area (Å²) in [6.45, 7) is 3.16. The summed E-state index contributed by atoms with van der Waals surface area (Å²) in [5.41, 5.74) is 1.75. The van der Waals surface area contributed by atoms with Crippen LogP contribution in [0, 0.1) is 12.7 Å². The van der Waals surface area contributed by atoms with Crippen LogP contribution in [0.5, 0.6) is 0 Å². The number of hydrogen-bond donors (Lipinski definition) is 1. The number of nitrogens with one attached hydrogen (secondary N) is 1. The highest BCUT2D eigenvalue weighted by Gasteiger charge is 1.99. The minimum Gasteiger partial charge on any atom is -0.468 e. The van der Waals surface area contributed by atoms with Crippen LogP contribution in [0.4, 0.5) is 4.39 Å². The second kappa shape index (κ2) is 4.94. The third-order valence-electron chi connectivity index (χ3n) is 2.43. The molecule has 16 heavy (non-hydrogen) atoms. The summed E-state index contributed by atoms with van der Waals surface area (Å²) in [7, 11) is 0. The van der Waals surface area contributed by atoms with E-state index in [1.807, 2.05) is 18.2 Å². The monoisotopic (exact) mass is 219 g/mol. The Morgan fingerprint density at radius 3 is 2.81 bits per heavy atom. The molecule has 0 bridgehead atoms. The maximum absolute atomic E-state index is 13.0. The highest BCUT2D eigenvalue weighted by molar-refractivity contribution is 5.23. The Morgan fingerprint density at radius 1 is 1.25 bits per heavy atom. The highest BCUT2D eigenvalue weighted by Crippen LogP contribution is 2.09. The van der Waals surface area contributed by atoms with Gasteiger partial charge in [-0.1, -0.05) is 12.1 Å². The van der Waals surface area contributed by atoms with Crippen molar-refractivity contribution in [2.75, 3.05) is 0 Å². The van der Waals surface area contributed by atoms with E-state index in [9.17, 15) is 4.39 Å². The SMILES string of the molecule is Cc1cc(CNCc2ccco2)ccc1F. The van der Waals surface area contributed by atoms with E-state index in [0.717, 1.165) is 11.3 Å². The number of benzene rings is 1. The van der Waals surface area contributed by atoms with Crippen LogP contribution >= 0.6 is 0 Å². The zero-order valence-corrected chi connectivity index (χ0v) is 9.16. The minimum absolute atomic E-state index is 0.158. The van der Waals surface area contributed by atoms with Gasteiger partial charge in [0.25, 0.3) is 0 Å². The quantitative estimate of drug-likeness (QED) is 0.855. The average Bonchev–Trinajstić information content (AvgIpc) is 2.76. The molecule has 0 aliphatic heterocycles. The molecule has 0 spiro atoms. The lowest BCUT2D eigenvalue weighted by molar-refractivity contribution is 0.483. The summed E-state index contributed by atoms with van der Waals surface area (Å²) in [6.07, 6.45) is 1.65. The highest BCUT2D eigenvalue weighted by atomic mass is 19.1. The van der Waals surface area contributed by atoms with Crippen LogP contribution in [0.2, 0.25) is 0 Å².